The molecule has 5 heterocycles. The molecule has 0 saturated heterocycles. The minimum absolute atomic E-state index is 0.275. The third kappa shape index (κ3) is 7.73. The number of ether oxygens (including phenoxy) is 3. The van der Waals surface area contributed by atoms with Crippen LogP contribution >= 0.6 is 0 Å². The molecule has 0 amide bonds. The fourth-order valence-corrected chi connectivity index (χ4v) is 14.6. The first-order chi connectivity index (χ1) is 43.7. The molecule has 13 aromatic carbocycles. The second-order valence-electron chi connectivity index (χ2n) is 23.0. The van der Waals surface area contributed by atoms with Gasteiger partial charge in [-0.2, -0.15) is 0 Å². The van der Waals surface area contributed by atoms with Gasteiger partial charge in [-0.05, 0) is 142 Å². The van der Waals surface area contributed by atoms with E-state index in [1.807, 2.05) is 0 Å². The molecule has 0 radical (unpaired) electrons. The molecule has 0 aromatic heterocycles. The van der Waals surface area contributed by atoms with Gasteiger partial charge >= 0.3 is 0 Å². The Kier molecular flexibility index (Phi) is 11.4. The molecule has 0 fully saturated rings. The third-order valence-corrected chi connectivity index (χ3v) is 18.2. The number of benzene rings is 13. The molecule has 18 rings (SSSR count). The van der Waals surface area contributed by atoms with Crippen molar-refractivity contribution in [1.82, 2.24) is 0 Å². The zero-order valence-electron chi connectivity index (χ0n) is 47.7. The van der Waals surface area contributed by atoms with E-state index in [0.717, 1.165) is 141 Å². The van der Waals surface area contributed by atoms with Gasteiger partial charge in [-0.3, -0.25) is 0 Å². The number of anilines is 12. The van der Waals surface area contributed by atoms with Crippen LogP contribution in [-0.2, 0) is 0 Å². The van der Waals surface area contributed by atoms with Gasteiger partial charge in [0.15, 0.2) is 0 Å². The molecule has 0 bridgehead atoms. The van der Waals surface area contributed by atoms with Gasteiger partial charge in [-0.1, -0.05) is 188 Å². The second kappa shape index (κ2) is 20.1. The van der Waals surface area contributed by atoms with Crippen LogP contribution in [0.3, 0.4) is 0 Å². The molecule has 13 aromatic rings. The van der Waals surface area contributed by atoms with Crippen LogP contribution in [0.5, 0.6) is 34.5 Å². The Morgan fingerprint density at radius 3 is 1.01 bits per heavy atom. The van der Waals surface area contributed by atoms with Crippen LogP contribution in [0.2, 0.25) is 0 Å². The normalized spacial score (nSPS) is 13.4. The summed E-state index contributed by atoms with van der Waals surface area (Å²) < 4.78 is 23.1. The summed E-state index contributed by atoms with van der Waals surface area (Å²) in [6.07, 6.45) is 0. The fraction of sp³-hybridized carbons (Fsp3) is 0.0127. The van der Waals surface area contributed by atoms with Gasteiger partial charge in [0.2, 0.25) is 0 Å². The monoisotopic (exact) mass is 1130 g/mol. The SMILES string of the molecule is c1ccc(N(c2ccccc2)c2cc3c4c(c2)N(c2ccccc2)c2ccccc2B4c2cc4c(c(C5c6ccccc6Oc6ccccc65)c2O3)Oc2cc(N(c3ccccc3)c3ccccc3)cc3c2B4c2ccccc2N3c2ccccc2)cc1. The summed E-state index contributed by atoms with van der Waals surface area (Å²) in [5.74, 6) is 4.29. The highest BCUT2D eigenvalue weighted by Gasteiger charge is 2.50. The fourth-order valence-electron chi connectivity index (χ4n) is 14.6. The maximum atomic E-state index is 8.09. The largest absolute Gasteiger partial charge is 0.458 e. The van der Waals surface area contributed by atoms with Crippen molar-refractivity contribution in [1.29, 1.82) is 0 Å². The number of nitrogens with zero attached hydrogens (tertiary/aromatic N) is 4. The van der Waals surface area contributed by atoms with Crippen LogP contribution in [-0.4, -0.2) is 13.4 Å². The van der Waals surface area contributed by atoms with Crippen LogP contribution in [0.15, 0.2) is 309 Å². The lowest BCUT2D eigenvalue weighted by molar-refractivity contribution is 0.434. The van der Waals surface area contributed by atoms with Crippen molar-refractivity contribution in [3.63, 3.8) is 0 Å². The van der Waals surface area contributed by atoms with Crippen LogP contribution in [0.4, 0.5) is 68.2 Å². The van der Waals surface area contributed by atoms with Crippen molar-refractivity contribution in [2.75, 3.05) is 19.6 Å². The second-order valence-corrected chi connectivity index (χ2v) is 23.0. The number of fused-ring (bicyclic) bond motifs is 10. The zero-order chi connectivity index (χ0) is 57.8. The molecule has 5 aliphatic rings. The molecule has 7 nitrogen and oxygen atoms in total. The van der Waals surface area contributed by atoms with Crippen molar-refractivity contribution < 1.29 is 14.2 Å². The van der Waals surface area contributed by atoms with E-state index in [0.29, 0.717) is 0 Å². The predicted octanol–water partition coefficient (Wildman–Crippen LogP) is 16.7. The maximum Gasteiger partial charge on any atom is 0.256 e. The van der Waals surface area contributed by atoms with Gasteiger partial charge in [0.25, 0.3) is 13.4 Å². The van der Waals surface area contributed by atoms with Crippen LogP contribution in [0, 0.1) is 0 Å². The summed E-state index contributed by atoms with van der Waals surface area (Å²) in [7, 11) is 0. The predicted molar refractivity (Wildman–Crippen MR) is 361 cm³/mol. The zero-order valence-corrected chi connectivity index (χ0v) is 47.7. The molecular formula is C79H52B2N4O3. The molecule has 0 aliphatic carbocycles. The molecule has 0 spiro atoms. The summed E-state index contributed by atoms with van der Waals surface area (Å²) in [5, 5.41) is 0. The van der Waals surface area contributed by atoms with E-state index in [9.17, 15) is 0 Å². The minimum Gasteiger partial charge on any atom is -0.458 e. The van der Waals surface area contributed by atoms with E-state index in [2.05, 4.69) is 329 Å². The van der Waals surface area contributed by atoms with Crippen LogP contribution in [0.1, 0.15) is 22.6 Å². The molecule has 5 aliphatic heterocycles. The summed E-state index contributed by atoms with van der Waals surface area (Å²) >= 11 is 0. The van der Waals surface area contributed by atoms with Crippen LogP contribution < -0.4 is 66.6 Å². The summed E-state index contributed by atoms with van der Waals surface area (Å²) in [5.41, 5.74) is 22.2. The highest BCUT2D eigenvalue weighted by atomic mass is 16.5. The number of rotatable bonds is 9. The lowest BCUT2D eigenvalue weighted by atomic mass is 9.30. The van der Waals surface area contributed by atoms with Gasteiger partial charge in [0.05, 0.1) is 11.4 Å². The van der Waals surface area contributed by atoms with E-state index in [1.54, 1.807) is 0 Å². The average molecular weight is 1130 g/mol. The molecule has 9 heteroatoms. The average Bonchev–Trinajstić information content (AvgIpc) is 0.744. The number of hydrogen-bond acceptors (Lipinski definition) is 7. The van der Waals surface area contributed by atoms with Crippen molar-refractivity contribution >= 4 is 114 Å². The molecular weight excluding hydrogens is 1070 g/mol. The van der Waals surface area contributed by atoms with Crippen molar-refractivity contribution in [2.24, 2.45) is 0 Å². The Morgan fingerprint density at radius 1 is 0.273 bits per heavy atom. The van der Waals surface area contributed by atoms with Gasteiger partial charge < -0.3 is 33.8 Å². The molecule has 412 valence electrons. The highest BCUT2D eigenvalue weighted by Crippen LogP contribution is 2.56. The van der Waals surface area contributed by atoms with Crippen molar-refractivity contribution in [3.05, 3.63) is 326 Å². The van der Waals surface area contributed by atoms with Crippen molar-refractivity contribution in [3.8, 4) is 34.5 Å². The Hall–Kier alpha value is -11.4. The Bertz CT molecular complexity index is 4500. The van der Waals surface area contributed by atoms with E-state index in [-0.39, 0.29) is 13.4 Å². The first-order valence-corrected chi connectivity index (χ1v) is 30.2. The Balaban J connectivity index is 0.962. The van der Waals surface area contributed by atoms with Gasteiger partial charge in [-0.25, -0.2) is 0 Å². The number of hydrogen-bond donors (Lipinski definition) is 0. The summed E-state index contributed by atoms with van der Waals surface area (Å²) in [4.78, 5) is 9.56. The summed E-state index contributed by atoms with van der Waals surface area (Å²) in [6, 6.07) is 111. The van der Waals surface area contributed by atoms with E-state index in [4.69, 9.17) is 14.2 Å². The minimum atomic E-state index is -0.396. The van der Waals surface area contributed by atoms with Crippen molar-refractivity contribution in [2.45, 2.75) is 5.92 Å². The Morgan fingerprint density at radius 2 is 0.614 bits per heavy atom. The van der Waals surface area contributed by atoms with E-state index < -0.39 is 5.92 Å². The molecule has 0 unspecified atom stereocenters. The maximum absolute atomic E-state index is 8.09. The molecule has 0 saturated carbocycles. The number of para-hydroxylation sites is 10. The van der Waals surface area contributed by atoms with E-state index in [1.165, 1.54) is 10.9 Å². The van der Waals surface area contributed by atoms with Gasteiger partial charge in [0, 0.05) is 91.6 Å². The van der Waals surface area contributed by atoms with E-state index >= 15 is 0 Å². The highest BCUT2D eigenvalue weighted by molar-refractivity contribution is 7.02. The standard InChI is InChI=1S/C79H52B2N4O3/c1-7-27-52(28-8-1)82(53-29-9-2-10-30-53)58-47-68-76-72(49-58)87-78-64(80(76)62-41-21-23-43-66(62)84(68)56-35-15-5-16-36-56)51-65-79(75(78)74-60-39-19-25-45-70(60)86-71-46-26-20-40-61(71)74)88-73-50-59(83(54-31-11-3-12-32-54)55-33-13-4-14-34-55)48-69-77(73)81(65)63-42-22-24-44-67(63)85(69)57-37-17-6-18-38-57/h1-51,74H. The van der Waals surface area contributed by atoms with Gasteiger partial charge in [-0.15, -0.1) is 0 Å². The Labute approximate surface area is 511 Å². The quantitative estimate of drug-likeness (QED) is 0.133. The summed E-state index contributed by atoms with van der Waals surface area (Å²) in [6.45, 7) is -0.549. The smallest absolute Gasteiger partial charge is 0.256 e. The lowest BCUT2D eigenvalue weighted by Crippen LogP contribution is -2.63. The molecule has 88 heavy (non-hydrogen) atoms. The van der Waals surface area contributed by atoms with Crippen LogP contribution in [0.25, 0.3) is 0 Å². The first-order valence-electron chi connectivity index (χ1n) is 30.2. The molecule has 0 atom stereocenters. The topological polar surface area (TPSA) is 40.7 Å². The third-order valence-electron chi connectivity index (χ3n) is 18.2. The lowest BCUT2D eigenvalue weighted by Gasteiger charge is -2.44. The first kappa shape index (κ1) is 50.0. The van der Waals surface area contributed by atoms with Gasteiger partial charge in [0.1, 0.15) is 34.5 Å². The molecule has 0 N–H and O–H groups in total.